The number of aromatic nitrogens is 3. The number of nitrogens with zero attached hydrogens (tertiary/aromatic N) is 4. The number of fused-ring (bicyclic) bond motifs is 1. The van der Waals surface area contributed by atoms with Crippen molar-refractivity contribution in [1.82, 2.24) is 14.5 Å². The van der Waals surface area contributed by atoms with E-state index in [1.54, 1.807) is 13.2 Å². The fourth-order valence-corrected chi connectivity index (χ4v) is 4.30. The van der Waals surface area contributed by atoms with E-state index in [1.165, 1.54) is 11.2 Å². The van der Waals surface area contributed by atoms with Gasteiger partial charge in [0.1, 0.15) is 5.75 Å². The number of hydrogen-bond acceptors (Lipinski definition) is 7. The number of nitrogens with two attached hydrogens (primary N) is 1. The van der Waals surface area contributed by atoms with E-state index in [0.717, 1.165) is 54.2 Å². The minimum absolute atomic E-state index is 0.487. The molecule has 0 atom stereocenters. The van der Waals surface area contributed by atoms with Gasteiger partial charge >= 0.3 is 0 Å². The second kappa shape index (κ2) is 8.63. The van der Waals surface area contributed by atoms with Gasteiger partial charge in [0.25, 0.3) is 0 Å². The van der Waals surface area contributed by atoms with Crippen LogP contribution < -0.4 is 20.7 Å². The normalized spacial score (nSPS) is 14.0. The van der Waals surface area contributed by atoms with Crippen LogP contribution >= 0.6 is 0 Å². The zero-order chi connectivity index (χ0) is 22.9. The third-order valence-corrected chi connectivity index (χ3v) is 6.05. The van der Waals surface area contributed by atoms with Crippen LogP contribution in [0.1, 0.15) is 5.56 Å². The summed E-state index contributed by atoms with van der Waals surface area (Å²) in [5, 5.41) is 4.41. The minimum Gasteiger partial charge on any atom is -0.495 e. The number of hydrogen-bond donors (Lipinski definition) is 2. The summed E-state index contributed by atoms with van der Waals surface area (Å²) >= 11 is 0. The van der Waals surface area contributed by atoms with E-state index in [0.29, 0.717) is 17.4 Å². The molecule has 1 aliphatic rings. The number of ether oxygens (including phenoxy) is 2. The summed E-state index contributed by atoms with van der Waals surface area (Å²) in [6.07, 6.45) is 3.97. The molecule has 1 aliphatic heterocycles. The maximum Gasteiger partial charge on any atom is 0.227 e. The molecule has 0 radical (unpaired) electrons. The number of nitrogens with one attached hydrogen (secondary N) is 1. The first-order valence-electron chi connectivity index (χ1n) is 11.0. The Labute approximate surface area is 193 Å². The maximum absolute atomic E-state index is 5.96. The Morgan fingerprint density at radius 2 is 1.94 bits per heavy atom. The largest absolute Gasteiger partial charge is 0.495 e. The van der Waals surface area contributed by atoms with Crippen molar-refractivity contribution in [2.45, 2.75) is 6.92 Å². The van der Waals surface area contributed by atoms with Crippen LogP contribution in [0.4, 0.5) is 23.0 Å². The number of anilines is 4. The number of rotatable bonds is 5. The molecule has 1 saturated heterocycles. The lowest BCUT2D eigenvalue weighted by Crippen LogP contribution is -2.36. The quantitative estimate of drug-likeness (QED) is 0.448. The zero-order valence-electron chi connectivity index (χ0n) is 19.1. The van der Waals surface area contributed by atoms with Crippen molar-refractivity contribution in [3.05, 3.63) is 54.4 Å². The second-order valence-corrected chi connectivity index (χ2v) is 8.26. The third-order valence-electron chi connectivity index (χ3n) is 6.05. The smallest absolute Gasteiger partial charge is 0.227 e. The number of nitrogen functional groups attached to an aromatic ring is 1. The van der Waals surface area contributed by atoms with Gasteiger partial charge in [-0.05, 0) is 42.8 Å². The van der Waals surface area contributed by atoms with E-state index >= 15 is 0 Å². The van der Waals surface area contributed by atoms with Gasteiger partial charge in [-0.3, -0.25) is 0 Å². The Kier molecular flexibility index (Phi) is 5.51. The van der Waals surface area contributed by atoms with E-state index in [1.807, 2.05) is 25.3 Å². The van der Waals surface area contributed by atoms with Crippen LogP contribution in [0.15, 0.2) is 48.8 Å². The highest BCUT2D eigenvalue weighted by Crippen LogP contribution is 2.35. The predicted octanol–water partition coefficient (Wildman–Crippen LogP) is 4.11. The average Bonchev–Trinajstić information content (AvgIpc) is 3.16. The van der Waals surface area contributed by atoms with Crippen LogP contribution in [0.5, 0.6) is 5.75 Å². The van der Waals surface area contributed by atoms with Crippen molar-refractivity contribution in [3.8, 4) is 17.0 Å². The van der Waals surface area contributed by atoms with Crippen LogP contribution in [0.3, 0.4) is 0 Å². The zero-order valence-corrected chi connectivity index (χ0v) is 19.1. The predicted molar refractivity (Wildman–Crippen MR) is 132 cm³/mol. The van der Waals surface area contributed by atoms with Crippen molar-refractivity contribution < 1.29 is 9.47 Å². The van der Waals surface area contributed by atoms with Crippen LogP contribution in [0.25, 0.3) is 22.2 Å². The molecule has 33 heavy (non-hydrogen) atoms. The first-order valence-corrected chi connectivity index (χ1v) is 11.0. The molecule has 3 N–H and O–H groups in total. The Balaban J connectivity index is 1.53. The SMILES string of the molecule is COc1ccc(N)cc1Nc1ncc(C)c(-c2cn(C)c3cc(N4CCOCC4)ccc23)n1. The molecule has 2 aromatic heterocycles. The number of aryl methyl sites for hydroxylation is 2. The number of morpholine rings is 1. The molecule has 1 fully saturated rings. The monoisotopic (exact) mass is 444 g/mol. The molecule has 2 aromatic carbocycles. The summed E-state index contributed by atoms with van der Waals surface area (Å²) in [6, 6.07) is 12.1. The molecule has 0 spiro atoms. The van der Waals surface area contributed by atoms with E-state index in [2.05, 4.69) is 51.2 Å². The van der Waals surface area contributed by atoms with E-state index < -0.39 is 0 Å². The Bertz CT molecular complexity index is 1310. The van der Waals surface area contributed by atoms with Crippen LogP contribution in [-0.4, -0.2) is 47.9 Å². The lowest BCUT2D eigenvalue weighted by Gasteiger charge is -2.29. The van der Waals surface area contributed by atoms with Gasteiger partial charge < -0.3 is 30.0 Å². The Morgan fingerprint density at radius 3 is 2.73 bits per heavy atom. The van der Waals surface area contributed by atoms with Gasteiger partial charge in [0.2, 0.25) is 5.95 Å². The van der Waals surface area contributed by atoms with E-state index in [9.17, 15) is 0 Å². The first-order chi connectivity index (χ1) is 16.0. The summed E-state index contributed by atoms with van der Waals surface area (Å²) in [5.74, 6) is 1.16. The number of methoxy groups -OCH3 is 1. The standard InChI is InChI=1S/C25H28N6O2/c1-16-14-27-25(28-21-12-17(26)4-7-23(21)32-3)29-24(16)20-15-30(2)22-13-18(5-6-19(20)22)31-8-10-33-11-9-31/h4-7,12-15H,8-11,26H2,1-3H3,(H,27,28,29). The molecule has 5 rings (SSSR count). The maximum atomic E-state index is 5.96. The Hall–Kier alpha value is -3.78. The molecule has 0 unspecified atom stereocenters. The third kappa shape index (κ3) is 4.05. The van der Waals surface area contributed by atoms with Gasteiger partial charge in [-0.2, -0.15) is 0 Å². The highest BCUT2D eigenvalue weighted by molar-refractivity contribution is 5.97. The molecule has 4 aromatic rings. The molecule has 0 aliphatic carbocycles. The van der Waals surface area contributed by atoms with Gasteiger partial charge in [-0.15, -0.1) is 0 Å². The molecule has 3 heterocycles. The van der Waals surface area contributed by atoms with Gasteiger partial charge in [-0.25, -0.2) is 9.97 Å². The summed E-state index contributed by atoms with van der Waals surface area (Å²) < 4.78 is 13.1. The topological polar surface area (TPSA) is 90.5 Å². The van der Waals surface area contributed by atoms with Crippen LogP contribution in [-0.2, 0) is 11.8 Å². The molecule has 0 amide bonds. The van der Waals surface area contributed by atoms with E-state index in [4.69, 9.17) is 20.2 Å². The summed E-state index contributed by atoms with van der Waals surface area (Å²) in [5.41, 5.74) is 12.7. The van der Waals surface area contributed by atoms with Crippen LogP contribution in [0.2, 0.25) is 0 Å². The average molecular weight is 445 g/mol. The molecule has 0 saturated carbocycles. The fraction of sp³-hybridized carbons (Fsp3) is 0.280. The van der Waals surface area contributed by atoms with Crippen LogP contribution in [0, 0.1) is 6.92 Å². The molecular weight excluding hydrogens is 416 g/mol. The number of benzene rings is 2. The molecule has 8 nitrogen and oxygen atoms in total. The summed E-state index contributed by atoms with van der Waals surface area (Å²) in [7, 11) is 3.70. The van der Waals surface area contributed by atoms with Gasteiger partial charge in [0.15, 0.2) is 0 Å². The minimum atomic E-state index is 0.487. The highest BCUT2D eigenvalue weighted by Gasteiger charge is 2.17. The van der Waals surface area contributed by atoms with Crippen molar-refractivity contribution in [2.75, 3.05) is 49.4 Å². The lowest BCUT2D eigenvalue weighted by atomic mass is 10.1. The highest BCUT2D eigenvalue weighted by atomic mass is 16.5. The van der Waals surface area contributed by atoms with Gasteiger partial charge in [-0.1, -0.05) is 6.07 Å². The second-order valence-electron chi connectivity index (χ2n) is 8.26. The molecule has 8 heteroatoms. The summed E-state index contributed by atoms with van der Waals surface area (Å²) in [4.78, 5) is 11.7. The van der Waals surface area contributed by atoms with E-state index in [-0.39, 0.29) is 0 Å². The van der Waals surface area contributed by atoms with Gasteiger partial charge in [0, 0.05) is 54.9 Å². The fourth-order valence-electron chi connectivity index (χ4n) is 4.30. The molecule has 0 bridgehead atoms. The molecule has 170 valence electrons. The Morgan fingerprint density at radius 1 is 1.12 bits per heavy atom. The van der Waals surface area contributed by atoms with Crippen molar-refractivity contribution in [2.24, 2.45) is 7.05 Å². The van der Waals surface area contributed by atoms with Gasteiger partial charge in [0.05, 0.1) is 37.2 Å². The van der Waals surface area contributed by atoms with Crippen molar-refractivity contribution in [3.63, 3.8) is 0 Å². The van der Waals surface area contributed by atoms with Crippen molar-refractivity contribution in [1.29, 1.82) is 0 Å². The first kappa shape index (κ1) is 21.1. The molecular formula is C25H28N6O2. The lowest BCUT2D eigenvalue weighted by molar-refractivity contribution is 0.122. The summed E-state index contributed by atoms with van der Waals surface area (Å²) in [6.45, 7) is 5.39. The van der Waals surface area contributed by atoms with Crippen molar-refractivity contribution >= 4 is 33.9 Å².